The zero-order chi connectivity index (χ0) is 19.8. The molecule has 0 aliphatic carbocycles. The highest BCUT2D eigenvalue weighted by molar-refractivity contribution is 6.06. The lowest BCUT2D eigenvalue weighted by Gasteiger charge is -2.11. The van der Waals surface area contributed by atoms with E-state index in [1.807, 2.05) is 49.4 Å². The maximum absolute atomic E-state index is 12.4. The number of aryl methyl sites for hydroxylation is 1. The number of carbonyl (C=O) groups is 1. The number of hydrogen-bond acceptors (Lipinski definition) is 3. The van der Waals surface area contributed by atoms with Gasteiger partial charge in [-0.05, 0) is 75.8 Å². The molecule has 0 unspecified atom stereocenters. The fourth-order valence-electron chi connectivity index (χ4n) is 3.65. The van der Waals surface area contributed by atoms with Crippen LogP contribution in [-0.2, 0) is 0 Å². The van der Waals surface area contributed by atoms with Crippen LogP contribution in [0.3, 0.4) is 0 Å². The van der Waals surface area contributed by atoms with Gasteiger partial charge in [0.1, 0.15) is 11.5 Å². The Morgan fingerprint density at radius 1 is 0.586 bits per heavy atom. The Hall–Kier alpha value is -3.85. The summed E-state index contributed by atoms with van der Waals surface area (Å²) in [6.45, 7) is 1.89. The van der Waals surface area contributed by atoms with Crippen molar-refractivity contribution in [1.29, 1.82) is 0 Å². The lowest BCUT2D eigenvalue weighted by atomic mass is 9.99. The van der Waals surface area contributed by atoms with Crippen molar-refractivity contribution in [2.75, 3.05) is 0 Å². The largest absolute Gasteiger partial charge is 0.519 e. The molecule has 140 valence electrons. The summed E-state index contributed by atoms with van der Waals surface area (Å²) in [5.41, 5.74) is 0.875. The first kappa shape index (κ1) is 17.3. The van der Waals surface area contributed by atoms with E-state index < -0.39 is 6.16 Å². The summed E-state index contributed by atoms with van der Waals surface area (Å²) in [5.74, 6) is 0.978. The summed E-state index contributed by atoms with van der Waals surface area (Å²) in [4.78, 5) is 12.4. The summed E-state index contributed by atoms with van der Waals surface area (Å²) in [6.07, 6.45) is -0.745. The van der Waals surface area contributed by atoms with E-state index in [4.69, 9.17) is 9.47 Å². The molecule has 0 radical (unpaired) electrons. The minimum absolute atomic E-state index is 0.483. The lowest BCUT2D eigenvalue weighted by molar-refractivity contribution is 0.152. The number of para-hydroxylation sites is 1. The Labute approximate surface area is 168 Å². The molecule has 0 saturated carbocycles. The third-order valence-corrected chi connectivity index (χ3v) is 5.14. The number of ether oxygens (including phenoxy) is 2. The first-order valence-corrected chi connectivity index (χ1v) is 9.48. The van der Waals surface area contributed by atoms with Crippen LogP contribution < -0.4 is 9.47 Å². The van der Waals surface area contributed by atoms with Crippen molar-refractivity contribution in [3.63, 3.8) is 0 Å². The molecule has 0 aliphatic rings. The second-order valence-corrected chi connectivity index (χ2v) is 7.10. The normalized spacial score (nSPS) is 11.1. The van der Waals surface area contributed by atoms with E-state index in [1.165, 1.54) is 10.8 Å². The second kappa shape index (κ2) is 6.95. The molecule has 0 aliphatic heterocycles. The first-order chi connectivity index (χ1) is 14.2. The second-order valence-electron chi connectivity index (χ2n) is 7.10. The van der Waals surface area contributed by atoms with Crippen molar-refractivity contribution in [1.82, 2.24) is 0 Å². The maximum atomic E-state index is 12.4. The van der Waals surface area contributed by atoms with Gasteiger partial charge in [0.05, 0.1) is 0 Å². The van der Waals surface area contributed by atoms with Gasteiger partial charge in [-0.15, -0.1) is 0 Å². The van der Waals surface area contributed by atoms with E-state index in [0.717, 1.165) is 27.1 Å². The molecule has 0 bridgehead atoms. The molecule has 0 saturated heterocycles. The highest BCUT2D eigenvalue weighted by atomic mass is 16.7. The van der Waals surface area contributed by atoms with Gasteiger partial charge in [0.15, 0.2) is 0 Å². The Morgan fingerprint density at radius 2 is 1.14 bits per heavy atom. The van der Waals surface area contributed by atoms with Gasteiger partial charge in [0.2, 0.25) is 0 Å². The predicted molar refractivity (Wildman–Crippen MR) is 117 cm³/mol. The van der Waals surface area contributed by atoms with Gasteiger partial charge in [-0.1, -0.05) is 54.6 Å². The number of hydrogen-bond donors (Lipinski definition) is 0. The number of carbonyl (C=O) groups excluding carboxylic acids is 1. The van der Waals surface area contributed by atoms with Crippen LogP contribution >= 0.6 is 0 Å². The van der Waals surface area contributed by atoms with Crippen LogP contribution in [0, 0.1) is 6.92 Å². The van der Waals surface area contributed by atoms with Gasteiger partial charge in [0, 0.05) is 5.39 Å². The van der Waals surface area contributed by atoms with Crippen LogP contribution in [0.4, 0.5) is 4.79 Å². The van der Waals surface area contributed by atoms with Crippen molar-refractivity contribution in [2.24, 2.45) is 0 Å². The van der Waals surface area contributed by atoms with Gasteiger partial charge < -0.3 is 9.47 Å². The Morgan fingerprint density at radius 3 is 1.90 bits per heavy atom. The fourth-order valence-corrected chi connectivity index (χ4v) is 3.65. The molecular weight excluding hydrogens is 360 g/mol. The smallest absolute Gasteiger partial charge is 0.394 e. The van der Waals surface area contributed by atoms with Crippen molar-refractivity contribution in [3.8, 4) is 11.5 Å². The Balaban J connectivity index is 1.55. The predicted octanol–water partition coefficient (Wildman–Crippen LogP) is 7.03. The third-order valence-electron chi connectivity index (χ3n) is 5.14. The zero-order valence-corrected chi connectivity index (χ0v) is 15.9. The molecule has 0 fully saturated rings. The lowest BCUT2D eigenvalue weighted by Crippen LogP contribution is -2.14. The van der Waals surface area contributed by atoms with E-state index in [1.54, 1.807) is 12.1 Å². The average molecular weight is 378 g/mol. The Bertz CT molecular complexity index is 1390. The van der Waals surface area contributed by atoms with E-state index >= 15 is 0 Å². The molecule has 0 spiro atoms. The van der Waals surface area contributed by atoms with Crippen molar-refractivity contribution in [3.05, 3.63) is 96.6 Å². The summed E-state index contributed by atoms with van der Waals surface area (Å²) in [7, 11) is 0. The molecular formula is C26H18O3. The fraction of sp³-hybridized carbons (Fsp3) is 0.0385. The van der Waals surface area contributed by atoms with Crippen LogP contribution in [0.2, 0.25) is 0 Å². The standard InChI is InChI=1S/C26H18O3/c1-17-7-2-5-11-24(17)28-26(27)29-25-12-6-10-20-15-21-13-18-8-3-4-9-19(18)14-22(21)16-23(20)25/h2-16H,1H3. The minimum Gasteiger partial charge on any atom is -0.394 e. The van der Waals surface area contributed by atoms with E-state index in [-0.39, 0.29) is 0 Å². The molecule has 0 amide bonds. The van der Waals surface area contributed by atoms with Gasteiger partial charge in [-0.25, -0.2) is 4.79 Å². The summed E-state index contributed by atoms with van der Waals surface area (Å²) in [5, 5.41) is 6.51. The van der Waals surface area contributed by atoms with Crippen molar-refractivity contribution < 1.29 is 14.3 Å². The van der Waals surface area contributed by atoms with Gasteiger partial charge in [-0.2, -0.15) is 0 Å². The molecule has 5 rings (SSSR count). The molecule has 5 aromatic carbocycles. The molecule has 29 heavy (non-hydrogen) atoms. The molecule has 5 aromatic rings. The SMILES string of the molecule is Cc1ccccc1OC(=O)Oc1cccc2cc3cc4ccccc4cc3cc12. The molecule has 3 nitrogen and oxygen atoms in total. The van der Waals surface area contributed by atoms with Crippen LogP contribution in [0.5, 0.6) is 11.5 Å². The minimum atomic E-state index is -0.745. The maximum Gasteiger partial charge on any atom is 0.519 e. The van der Waals surface area contributed by atoms with E-state index in [9.17, 15) is 4.79 Å². The van der Waals surface area contributed by atoms with Crippen molar-refractivity contribution >= 4 is 38.5 Å². The highest BCUT2D eigenvalue weighted by Gasteiger charge is 2.12. The monoisotopic (exact) mass is 378 g/mol. The highest BCUT2D eigenvalue weighted by Crippen LogP contribution is 2.32. The van der Waals surface area contributed by atoms with Crippen LogP contribution in [0.15, 0.2) is 91.0 Å². The van der Waals surface area contributed by atoms with Crippen molar-refractivity contribution in [2.45, 2.75) is 6.92 Å². The third kappa shape index (κ3) is 3.27. The van der Waals surface area contributed by atoms with E-state index in [2.05, 4.69) is 36.4 Å². The molecule has 0 heterocycles. The quantitative estimate of drug-likeness (QED) is 0.188. The summed E-state index contributed by atoms with van der Waals surface area (Å²) in [6, 6.07) is 29.9. The number of rotatable bonds is 2. The number of fused-ring (bicyclic) bond motifs is 3. The van der Waals surface area contributed by atoms with Crippen LogP contribution in [0.1, 0.15) is 5.56 Å². The van der Waals surface area contributed by atoms with Gasteiger partial charge in [0.25, 0.3) is 0 Å². The topological polar surface area (TPSA) is 35.5 Å². The Kier molecular flexibility index (Phi) is 4.14. The van der Waals surface area contributed by atoms with E-state index in [0.29, 0.717) is 11.5 Å². The number of benzene rings is 5. The van der Waals surface area contributed by atoms with Crippen LogP contribution in [-0.4, -0.2) is 6.16 Å². The molecule has 0 atom stereocenters. The van der Waals surface area contributed by atoms with Gasteiger partial charge >= 0.3 is 6.16 Å². The summed E-state index contributed by atoms with van der Waals surface area (Å²) >= 11 is 0. The molecule has 0 aromatic heterocycles. The molecule has 3 heteroatoms. The summed E-state index contributed by atoms with van der Waals surface area (Å²) < 4.78 is 10.9. The van der Waals surface area contributed by atoms with Gasteiger partial charge in [-0.3, -0.25) is 0 Å². The molecule has 0 N–H and O–H groups in total. The average Bonchev–Trinajstić information content (AvgIpc) is 2.73. The first-order valence-electron chi connectivity index (χ1n) is 9.48. The van der Waals surface area contributed by atoms with Crippen LogP contribution in [0.25, 0.3) is 32.3 Å². The zero-order valence-electron chi connectivity index (χ0n) is 15.9.